The number of aryl methyl sites for hydroxylation is 1. The Hall–Kier alpha value is -2.40. The predicted octanol–water partition coefficient (Wildman–Crippen LogP) is 2.93. The molecule has 1 aromatic carbocycles. The number of nitrogens with one attached hydrogen (secondary N) is 1. The van der Waals surface area contributed by atoms with Crippen LogP contribution in [0, 0.1) is 13.8 Å². The van der Waals surface area contributed by atoms with Crippen LogP contribution in [0.15, 0.2) is 24.3 Å². The van der Waals surface area contributed by atoms with Crippen LogP contribution in [0.25, 0.3) is 0 Å². The number of hydrogen-bond donors (Lipinski definition) is 2. The van der Waals surface area contributed by atoms with E-state index in [2.05, 4.69) is 17.1 Å². The standard InChI is InChI=1S/C22H26N2O3/c1-13-19(14(2)23-20(13)15(3)25)21(27)24-10-8-22(9-11-24)17-7-5-4-6-16(17)12-18(22)26/h4-7,18,23,26H,8-12H2,1-3H3/t18-/m1/s1. The van der Waals surface area contributed by atoms with Crippen LogP contribution in [-0.4, -0.2) is 45.9 Å². The highest BCUT2D eigenvalue weighted by atomic mass is 16.3. The van der Waals surface area contributed by atoms with Crippen LogP contribution in [0.5, 0.6) is 0 Å². The number of aromatic amines is 1. The van der Waals surface area contributed by atoms with Gasteiger partial charge in [-0.2, -0.15) is 0 Å². The van der Waals surface area contributed by atoms with Gasteiger partial charge in [-0.15, -0.1) is 0 Å². The maximum absolute atomic E-state index is 13.1. The molecule has 1 spiro atoms. The van der Waals surface area contributed by atoms with Gasteiger partial charge >= 0.3 is 0 Å². The number of carbonyl (C=O) groups excluding carboxylic acids is 2. The zero-order valence-electron chi connectivity index (χ0n) is 16.1. The van der Waals surface area contributed by atoms with Gasteiger partial charge in [-0.05, 0) is 49.8 Å². The molecule has 1 amide bonds. The highest BCUT2D eigenvalue weighted by Crippen LogP contribution is 2.46. The van der Waals surface area contributed by atoms with E-state index in [1.807, 2.05) is 30.9 Å². The van der Waals surface area contributed by atoms with Crippen molar-refractivity contribution in [2.45, 2.75) is 51.6 Å². The third-order valence-electron chi connectivity index (χ3n) is 6.55. The summed E-state index contributed by atoms with van der Waals surface area (Å²) in [7, 11) is 0. The summed E-state index contributed by atoms with van der Waals surface area (Å²) in [6, 6.07) is 8.28. The number of ketones is 1. The minimum Gasteiger partial charge on any atom is -0.392 e. The first-order chi connectivity index (χ1) is 12.8. The van der Waals surface area contributed by atoms with E-state index in [1.54, 1.807) is 0 Å². The Kier molecular flexibility index (Phi) is 4.22. The van der Waals surface area contributed by atoms with Crippen molar-refractivity contribution in [1.82, 2.24) is 9.88 Å². The van der Waals surface area contributed by atoms with Gasteiger partial charge in [-0.25, -0.2) is 0 Å². The van der Waals surface area contributed by atoms with E-state index in [4.69, 9.17) is 0 Å². The van der Waals surface area contributed by atoms with E-state index in [9.17, 15) is 14.7 Å². The van der Waals surface area contributed by atoms with Gasteiger partial charge in [0.25, 0.3) is 5.91 Å². The number of aliphatic hydroxyl groups is 1. The largest absolute Gasteiger partial charge is 0.392 e. The van der Waals surface area contributed by atoms with Crippen LogP contribution in [0.2, 0.25) is 0 Å². The number of piperidine rings is 1. The molecule has 5 nitrogen and oxygen atoms in total. The molecule has 27 heavy (non-hydrogen) atoms. The molecule has 1 atom stereocenters. The number of amides is 1. The molecule has 1 aromatic heterocycles. The molecule has 5 heteroatoms. The van der Waals surface area contributed by atoms with Crippen LogP contribution in [0.4, 0.5) is 0 Å². The number of hydrogen-bond acceptors (Lipinski definition) is 3. The summed E-state index contributed by atoms with van der Waals surface area (Å²) in [5.41, 5.74) is 4.85. The maximum atomic E-state index is 13.1. The number of rotatable bonds is 2. The fourth-order valence-corrected chi connectivity index (χ4v) is 5.06. The number of Topliss-reactive ketones (excluding diaryl/α,β-unsaturated/α-hetero) is 1. The van der Waals surface area contributed by atoms with E-state index in [1.165, 1.54) is 18.1 Å². The number of aromatic nitrogens is 1. The second-order valence-electron chi connectivity index (χ2n) is 8.01. The molecule has 0 bridgehead atoms. The van der Waals surface area contributed by atoms with Crippen molar-refractivity contribution in [1.29, 1.82) is 0 Å². The van der Waals surface area contributed by atoms with Crippen molar-refractivity contribution in [3.05, 3.63) is 57.9 Å². The minimum atomic E-state index is -0.382. The number of likely N-dealkylation sites (tertiary alicyclic amines) is 1. The topological polar surface area (TPSA) is 73.4 Å². The normalized spacial score (nSPS) is 20.7. The third kappa shape index (κ3) is 2.64. The predicted molar refractivity (Wildman–Crippen MR) is 103 cm³/mol. The van der Waals surface area contributed by atoms with Crippen molar-refractivity contribution < 1.29 is 14.7 Å². The molecule has 1 aliphatic heterocycles. The van der Waals surface area contributed by atoms with Crippen LogP contribution in [-0.2, 0) is 11.8 Å². The van der Waals surface area contributed by atoms with Crippen LogP contribution < -0.4 is 0 Å². The zero-order valence-corrected chi connectivity index (χ0v) is 16.1. The van der Waals surface area contributed by atoms with Gasteiger partial charge in [-0.3, -0.25) is 9.59 Å². The van der Waals surface area contributed by atoms with E-state index < -0.39 is 0 Å². The Balaban J connectivity index is 1.57. The highest BCUT2D eigenvalue weighted by molar-refractivity contribution is 6.02. The molecule has 1 aliphatic carbocycles. The number of fused-ring (bicyclic) bond motifs is 2. The molecule has 2 aromatic rings. The SMILES string of the molecule is CC(=O)c1[nH]c(C)c(C(=O)N2CCC3(CC2)c2ccccc2C[C@H]3O)c1C. The lowest BCUT2D eigenvalue weighted by Crippen LogP contribution is -2.49. The second kappa shape index (κ2) is 6.34. The Labute approximate surface area is 159 Å². The summed E-state index contributed by atoms with van der Waals surface area (Å²) < 4.78 is 0. The average Bonchev–Trinajstić information content (AvgIpc) is 3.09. The van der Waals surface area contributed by atoms with Gasteiger partial charge in [0, 0.05) is 31.1 Å². The maximum Gasteiger partial charge on any atom is 0.255 e. The first-order valence-corrected chi connectivity index (χ1v) is 9.61. The molecule has 0 unspecified atom stereocenters. The van der Waals surface area contributed by atoms with Gasteiger partial charge < -0.3 is 15.0 Å². The molecule has 0 saturated carbocycles. The molecule has 2 heterocycles. The Morgan fingerprint density at radius 1 is 1.19 bits per heavy atom. The van der Waals surface area contributed by atoms with Crippen molar-refractivity contribution >= 4 is 11.7 Å². The van der Waals surface area contributed by atoms with Gasteiger partial charge in [-0.1, -0.05) is 24.3 Å². The quantitative estimate of drug-likeness (QED) is 0.803. The summed E-state index contributed by atoms with van der Waals surface area (Å²) in [5.74, 6) is -0.0812. The Morgan fingerprint density at radius 2 is 1.85 bits per heavy atom. The first-order valence-electron chi connectivity index (χ1n) is 9.61. The minimum absolute atomic E-state index is 0.0237. The number of nitrogens with zero attached hydrogens (tertiary/aromatic N) is 1. The molecule has 142 valence electrons. The lowest BCUT2D eigenvalue weighted by atomic mass is 9.72. The lowest BCUT2D eigenvalue weighted by molar-refractivity contribution is 0.0365. The smallest absolute Gasteiger partial charge is 0.255 e. The van der Waals surface area contributed by atoms with E-state index in [0.717, 1.165) is 24.1 Å². The van der Waals surface area contributed by atoms with Crippen molar-refractivity contribution in [2.75, 3.05) is 13.1 Å². The van der Waals surface area contributed by atoms with E-state index in [0.29, 0.717) is 30.8 Å². The number of H-pyrrole nitrogens is 1. The number of benzene rings is 1. The second-order valence-corrected chi connectivity index (χ2v) is 8.01. The van der Waals surface area contributed by atoms with Gasteiger partial charge in [0.15, 0.2) is 5.78 Å². The van der Waals surface area contributed by atoms with Gasteiger partial charge in [0.05, 0.1) is 17.4 Å². The van der Waals surface area contributed by atoms with Crippen molar-refractivity contribution in [3.8, 4) is 0 Å². The lowest BCUT2D eigenvalue weighted by Gasteiger charge is -2.42. The van der Waals surface area contributed by atoms with Crippen LogP contribution in [0.3, 0.4) is 0 Å². The summed E-state index contributed by atoms with van der Waals surface area (Å²) in [6.07, 6.45) is 1.84. The molecule has 4 rings (SSSR count). The zero-order chi connectivity index (χ0) is 19.3. The Bertz CT molecular complexity index is 920. The molecule has 1 saturated heterocycles. The fourth-order valence-electron chi connectivity index (χ4n) is 5.06. The first kappa shape index (κ1) is 18.0. The molecule has 1 fully saturated rings. The fraction of sp³-hybridized carbons (Fsp3) is 0.455. The highest BCUT2D eigenvalue weighted by Gasteiger charge is 2.48. The summed E-state index contributed by atoms with van der Waals surface area (Å²) in [5, 5.41) is 10.8. The third-order valence-corrected chi connectivity index (χ3v) is 6.55. The molecule has 2 aliphatic rings. The number of aliphatic hydroxyl groups excluding tert-OH is 1. The van der Waals surface area contributed by atoms with E-state index in [-0.39, 0.29) is 23.2 Å². The Morgan fingerprint density at radius 3 is 2.48 bits per heavy atom. The summed E-state index contributed by atoms with van der Waals surface area (Å²) in [4.78, 5) is 29.8. The average molecular weight is 366 g/mol. The molecular formula is C22H26N2O3. The van der Waals surface area contributed by atoms with Crippen LogP contribution in [0.1, 0.15) is 63.0 Å². The van der Waals surface area contributed by atoms with Gasteiger partial charge in [0.1, 0.15) is 0 Å². The molecule has 0 radical (unpaired) electrons. The molecule has 2 N–H and O–H groups in total. The van der Waals surface area contributed by atoms with E-state index >= 15 is 0 Å². The van der Waals surface area contributed by atoms with Crippen LogP contribution >= 0.6 is 0 Å². The number of carbonyl (C=O) groups is 2. The monoisotopic (exact) mass is 366 g/mol. The van der Waals surface area contributed by atoms with Crippen molar-refractivity contribution in [3.63, 3.8) is 0 Å². The summed E-state index contributed by atoms with van der Waals surface area (Å²) >= 11 is 0. The molecular weight excluding hydrogens is 340 g/mol. The summed E-state index contributed by atoms with van der Waals surface area (Å²) in [6.45, 7) is 6.41. The van der Waals surface area contributed by atoms with Crippen molar-refractivity contribution in [2.24, 2.45) is 0 Å². The van der Waals surface area contributed by atoms with Gasteiger partial charge in [0.2, 0.25) is 0 Å².